The van der Waals surface area contributed by atoms with Crippen LogP contribution in [0.5, 0.6) is 0 Å². The van der Waals surface area contributed by atoms with Crippen molar-refractivity contribution in [1.82, 2.24) is 4.90 Å². The maximum atomic E-state index is 12.5. The van der Waals surface area contributed by atoms with Gasteiger partial charge in [-0.15, -0.1) is 0 Å². The summed E-state index contributed by atoms with van der Waals surface area (Å²) in [6.07, 6.45) is 2.22. The van der Waals surface area contributed by atoms with Gasteiger partial charge in [-0.3, -0.25) is 9.59 Å². The molecule has 5 heteroatoms. The van der Waals surface area contributed by atoms with Crippen LogP contribution in [-0.2, 0) is 4.79 Å². The molecule has 1 saturated carbocycles. The molecule has 1 aromatic carbocycles. The highest BCUT2D eigenvalue weighted by molar-refractivity contribution is 14.1. The molecule has 3 rings (SSSR count). The summed E-state index contributed by atoms with van der Waals surface area (Å²) in [6.45, 7) is 0.937. The second-order valence-corrected chi connectivity index (χ2v) is 6.91. The molecule has 2 atom stereocenters. The van der Waals surface area contributed by atoms with E-state index in [0.717, 1.165) is 16.4 Å². The maximum absolute atomic E-state index is 12.5. The summed E-state index contributed by atoms with van der Waals surface area (Å²) in [5, 5.41) is 9.34. The van der Waals surface area contributed by atoms with E-state index >= 15 is 0 Å². The third kappa shape index (κ3) is 2.68. The van der Waals surface area contributed by atoms with Crippen LogP contribution in [0, 0.1) is 21.3 Å². The second kappa shape index (κ2) is 5.35. The van der Waals surface area contributed by atoms with Crippen molar-refractivity contribution in [3.63, 3.8) is 0 Å². The molecule has 0 unspecified atom stereocenters. The summed E-state index contributed by atoms with van der Waals surface area (Å²) in [6, 6.07) is 7.44. The van der Waals surface area contributed by atoms with Gasteiger partial charge < -0.3 is 10.0 Å². The Bertz CT molecular complexity index is 556. The van der Waals surface area contributed by atoms with E-state index in [-0.39, 0.29) is 11.8 Å². The summed E-state index contributed by atoms with van der Waals surface area (Å²) in [7, 11) is 0. The molecule has 1 aliphatic heterocycles. The van der Waals surface area contributed by atoms with Gasteiger partial charge in [0.05, 0.1) is 5.92 Å². The molecule has 0 spiro atoms. The number of halogens is 1. The van der Waals surface area contributed by atoms with E-state index in [1.165, 1.54) is 0 Å². The Morgan fingerprint density at radius 2 is 2.00 bits per heavy atom. The fourth-order valence-electron chi connectivity index (χ4n) is 3.06. The molecule has 0 radical (unpaired) electrons. The number of carboxylic acids is 1. The molecule has 4 nitrogen and oxygen atoms in total. The van der Waals surface area contributed by atoms with Crippen LogP contribution in [-0.4, -0.2) is 35.0 Å². The van der Waals surface area contributed by atoms with Crippen LogP contribution in [0.15, 0.2) is 24.3 Å². The van der Waals surface area contributed by atoms with Crippen LogP contribution < -0.4 is 0 Å². The van der Waals surface area contributed by atoms with Gasteiger partial charge in [0.1, 0.15) is 0 Å². The second-order valence-electron chi connectivity index (χ2n) is 5.67. The zero-order valence-electron chi connectivity index (χ0n) is 11.0. The zero-order valence-corrected chi connectivity index (χ0v) is 13.1. The first kappa shape index (κ1) is 13.9. The van der Waals surface area contributed by atoms with Crippen LogP contribution in [0.2, 0.25) is 0 Å². The quantitative estimate of drug-likeness (QED) is 0.814. The summed E-state index contributed by atoms with van der Waals surface area (Å²) >= 11 is 2.18. The molecule has 1 heterocycles. The van der Waals surface area contributed by atoms with Gasteiger partial charge in [-0.25, -0.2) is 0 Å². The van der Waals surface area contributed by atoms with Crippen LogP contribution in [0.3, 0.4) is 0 Å². The van der Waals surface area contributed by atoms with E-state index < -0.39 is 11.9 Å². The smallest absolute Gasteiger partial charge is 0.308 e. The van der Waals surface area contributed by atoms with Crippen molar-refractivity contribution in [1.29, 1.82) is 0 Å². The van der Waals surface area contributed by atoms with Gasteiger partial charge in [-0.05, 0) is 65.5 Å². The number of nitrogens with zero attached hydrogens (tertiary/aromatic N) is 1. The van der Waals surface area contributed by atoms with Gasteiger partial charge >= 0.3 is 5.97 Å². The van der Waals surface area contributed by atoms with Crippen LogP contribution in [0.1, 0.15) is 23.2 Å². The molecule has 1 amide bonds. The summed E-state index contributed by atoms with van der Waals surface area (Å²) in [5.41, 5.74) is 0.650. The first-order chi connectivity index (χ1) is 9.56. The predicted molar refractivity (Wildman–Crippen MR) is 82.4 cm³/mol. The number of hydrogen-bond donors (Lipinski definition) is 1. The minimum Gasteiger partial charge on any atom is -0.481 e. The van der Waals surface area contributed by atoms with Gasteiger partial charge in [-0.1, -0.05) is 6.07 Å². The minimum absolute atomic E-state index is 0.0436. The third-order valence-corrected chi connectivity index (χ3v) is 4.94. The van der Waals surface area contributed by atoms with Crippen molar-refractivity contribution in [3.8, 4) is 0 Å². The van der Waals surface area contributed by atoms with Gasteiger partial charge in [0.2, 0.25) is 0 Å². The molecule has 0 aromatic heterocycles. The normalized spacial score (nSPS) is 25.8. The number of hydrogen-bond acceptors (Lipinski definition) is 2. The number of carbonyl (C=O) groups is 2. The number of carbonyl (C=O) groups excluding carboxylic acids is 1. The lowest BCUT2D eigenvalue weighted by Gasteiger charge is -2.16. The monoisotopic (exact) mass is 385 g/mol. The predicted octanol–water partition coefficient (Wildman–Crippen LogP) is 2.47. The highest BCUT2D eigenvalue weighted by Crippen LogP contribution is 2.44. The average Bonchev–Trinajstić information content (AvgIpc) is 3.16. The van der Waals surface area contributed by atoms with E-state index in [2.05, 4.69) is 22.6 Å². The molecule has 1 aliphatic carbocycles. The molecule has 20 heavy (non-hydrogen) atoms. The van der Waals surface area contributed by atoms with E-state index in [1.54, 1.807) is 11.0 Å². The van der Waals surface area contributed by atoms with E-state index in [9.17, 15) is 14.7 Å². The third-order valence-electron chi connectivity index (χ3n) is 4.27. The van der Waals surface area contributed by atoms with Crippen LogP contribution >= 0.6 is 22.6 Å². The van der Waals surface area contributed by atoms with E-state index in [4.69, 9.17) is 0 Å². The highest BCUT2D eigenvalue weighted by atomic mass is 127. The highest BCUT2D eigenvalue weighted by Gasteiger charge is 2.46. The molecule has 1 saturated heterocycles. The van der Waals surface area contributed by atoms with Crippen molar-refractivity contribution in [2.24, 2.45) is 17.8 Å². The Balaban J connectivity index is 1.78. The molecule has 2 aliphatic rings. The van der Waals surface area contributed by atoms with Crippen molar-refractivity contribution < 1.29 is 14.7 Å². The molecular formula is C15H16INO3. The fourth-order valence-corrected chi connectivity index (χ4v) is 3.61. The molecular weight excluding hydrogens is 369 g/mol. The number of carboxylic acid groups (broad SMARTS) is 1. The lowest BCUT2D eigenvalue weighted by atomic mass is 9.92. The van der Waals surface area contributed by atoms with E-state index in [0.29, 0.717) is 24.6 Å². The number of amides is 1. The van der Waals surface area contributed by atoms with Crippen molar-refractivity contribution >= 4 is 34.5 Å². The van der Waals surface area contributed by atoms with Crippen LogP contribution in [0.25, 0.3) is 0 Å². The summed E-state index contributed by atoms with van der Waals surface area (Å²) in [5.74, 6) is -0.559. The van der Waals surface area contributed by atoms with Gasteiger partial charge in [0.15, 0.2) is 0 Å². The SMILES string of the molecule is O=C(O)[C@H]1CN(C(=O)c2cccc(I)c2)C[C@@H]1C1CC1. The number of likely N-dealkylation sites (tertiary alicyclic amines) is 1. The maximum Gasteiger partial charge on any atom is 0.308 e. The molecule has 0 bridgehead atoms. The molecule has 1 aromatic rings. The topological polar surface area (TPSA) is 57.6 Å². The Hall–Kier alpha value is -1.11. The number of rotatable bonds is 3. The molecule has 1 N–H and O–H groups in total. The Morgan fingerprint density at radius 3 is 2.60 bits per heavy atom. The minimum atomic E-state index is -0.764. The average molecular weight is 385 g/mol. The van der Waals surface area contributed by atoms with Gasteiger partial charge in [0, 0.05) is 22.2 Å². The standard InChI is InChI=1S/C15H16INO3/c16-11-3-1-2-10(6-11)14(18)17-7-12(9-4-5-9)13(8-17)15(19)20/h1-3,6,9,12-13H,4-5,7-8H2,(H,19,20)/t12-,13+/m1/s1. The van der Waals surface area contributed by atoms with Crippen molar-refractivity contribution in [2.75, 3.05) is 13.1 Å². The van der Waals surface area contributed by atoms with Gasteiger partial charge in [-0.2, -0.15) is 0 Å². The van der Waals surface area contributed by atoms with Crippen molar-refractivity contribution in [2.45, 2.75) is 12.8 Å². The first-order valence-corrected chi connectivity index (χ1v) is 7.92. The fraction of sp³-hybridized carbons (Fsp3) is 0.467. The van der Waals surface area contributed by atoms with Crippen molar-refractivity contribution in [3.05, 3.63) is 33.4 Å². The molecule has 2 fully saturated rings. The number of aliphatic carboxylic acids is 1. The summed E-state index contributed by atoms with van der Waals surface area (Å²) < 4.78 is 1.01. The first-order valence-electron chi connectivity index (χ1n) is 6.84. The Labute approximate surface area is 131 Å². The lowest BCUT2D eigenvalue weighted by Crippen LogP contribution is -2.29. The van der Waals surface area contributed by atoms with Gasteiger partial charge in [0.25, 0.3) is 5.91 Å². The molecule has 106 valence electrons. The Kier molecular flexibility index (Phi) is 3.70. The Morgan fingerprint density at radius 1 is 1.25 bits per heavy atom. The zero-order chi connectivity index (χ0) is 14.3. The largest absolute Gasteiger partial charge is 0.481 e. The van der Waals surface area contributed by atoms with E-state index in [1.807, 2.05) is 18.2 Å². The van der Waals surface area contributed by atoms with Crippen LogP contribution in [0.4, 0.5) is 0 Å². The number of benzene rings is 1. The lowest BCUT2D eigenvalue weighted by molar-refractivity contribution is -0.142. The summed E-state index contributed by atoms with van der Waals surface area (Å²) in [4.78, 5) is 25.6.